The molecule has 0 unspecified atom stereocenters. The van der Waals surface area contributed by atoms with Crippen LogP contribution < -0.4 is 10.6 Å². The number of fused-ring (bicyclic) bond motifs is 2. The summed E-state index contributed by atoms with van der Waals surface area (Å²) in [4.78, 5) is 54.0. The highest BCUT2D eigenvalue weighted by Gasteiger charge is 2.30. The van der Waals surface area contributed by atoms with E-state index in [0.29, 0.717) is 24.0 Å². The van der Waals surface area contributed by atoms with Gasteiger partial charge in [0.15, 0.2) is 15.5 Å². The summed E-state index contributed by atoms with van der Waals surface area (Å²) >= 11 is 0. The quantitative estimate of drug-likeness (QED) is 0.188. The molecule has 14 heteroatoms. The first-order valence-electron chi connectivity index (χ1n) is 14.6. The Hall–Kier alpha value is -5.11. The van der Waals surface area contributed by atoms with Crippen LogP contribution in [0.2, 0.25) is 0 Å². The number of sulfone groups is 1. The number of aromatic nitrogens is 3. The van der Waals surface area contributed by atoms with Crippen LogP contribution in [0.1, 0.15) is 79.9 Å². The average Bonchev–Trinajstić information content (AvgIpc) is 3.65. The maximum absolute atomic E-state index is 13.5. The van der Waals surface area contributed by atoms with Gasteiger partial charge in [-0.25, -0.2) is 22.7 Å². The second kappa shape index (κ2) is 12.7. The van der Waals surface area contributed by atoms with Crippen molar-refractivity contribution in [2.75, 3.05) is 5.75 Å². The maximum Gasteiger partial charge on any atom is 0.335 e. The van der Waals surface area contributed by atoms with Gasteiger partial charge in [0.25, 0.3) is 11.8 Å². The van der Waals surface area contributed by atoms with E-state index in [-0.39, 0.29) is 46.0 Å². The minimum Gasteiger partial charge on any atom is -0.481 e. The summed E-state index contributed by atoms with van der Waals surface area (Å²) in [6.07, 6.45) is 2.66. The molecule has 2 amide bonds. The van der Waals surface area contributed by atoms with Crippen molar-refractivity contribution < 1.29 is 37.8 Å². The minimum absolute atomic E-state index is 0.0136. The fourth-order valence-electron chi connectivity index (χ4n) is 5.65. The van der Waals surface area contributed by atoms with Crippen molar-refractivity contribution in [3.05, 3.63) is 93.9 Å². The molecular formula is C32H33N5O8S. The van der Waals surface area contributed by atoms with E-state index < -0.39 is 45.3 Å². The molecule has 4 aromatic rings. The van der Waals surface area contributed by atoms with E-state index in [9.17, 15) is 37.8 Å². The normalized spacial score (nSPS) is 15.0. The van der Waals surface area contributed by atoms with Crippen molar-refractivity contribution in [1.82, 2.24) is 25.2 Å². The van der Waals surface area contributed by atoms with Crippen molar-refractivity contribution in [3.8, 4) is 0 Å². The Balaban J connectivity index is 1.29. The van der Waals surface area contributed by atoms with E-state index in [1.807, 2.05) is 0 Å². The summed E-state index contributed by atoms with van der Waals surface area (Å²) in [5.41, 5.74) is 3.58. The highest BCUT2D eigenvalue weighted by Crippen LogP contribution is 2.35. The molecule has 0 radical (unpaired) electrons. The van der Waals surface area contributed by atoms with Crippen LogP contribution in [0.4, 0.5) is 0 Å². The zero-order valence-electron chi connectivity index (χ0n) is 25.4. The summed E-state index contributed by atoms with van der Waals surface area (Å²) < 4.78 is 26.9. The van der Waals surface area contributed by atoms with Gasteiger partial charge in [-0.15, -0.1) is 0 Å². The number of benzene rings is 2. The molecule has 0 fully saturated rings. The van der Waals surface area contributed by atoms with Crippen LogP contribution in [-0.4, -0.2) is 62.7 Å². The lowest BCUT2D eigenvalue weighted by Crippen LogP contribution is -2.30. The molecule has 0 aliphatic heterocycles. The summed E-state index contributed by atoms with van der Waals surface area (Å²) in [5, 5.41) is 28.7. The maximum atomic E-state index is 13.5. The zero-order chi connectivity index (χ0) is 33.3. The lowest BCUT2D eigenvalue weighted by molar-refractivity contribution is -0.142. The van der Waals surface area contributed by atoms with Gasteiger partial charge < -0.3 is 20.8 Å². The number of nitrogens with zero attached hydrogens (tertiary/aromatic N) is 3. The van der Waals surface area contributed by atoms with Gasteiger partial charge in [-0.1, -0.05) is 32.0 Å². The molecule has 13 nitrogen and oxygen atoms in total. The Morgan fingerprint density at radius 2 is 1.74 bits per heavy atom. The molecule has 5 rings (SSSR count). The molecule has 0 saturated carbocycles. The Morgan fingerprint density at radius 1 is 1.02 bits per heavy atom. The molecule has 0 saturated heterocycles. The number of hydrogen-bond acceptors (Lipinski definition) is 8. The Bertz CT molecular complexity index is 1970. The number of hydrogen-bond donors (Lipinski definition) is 4. The highest BCUT2D eigenvalue weighted by molar-refractivity contribution is 7.91. The molecule has 2 heterocycles. The number of amides is 2. The number of carbonyl (C=O) groups excluding carboxylic acids is 2. The molecule has 0 bridgehead atoms. The number of carbonyl (C=O) groups is 4. The smallest absolute Gasteiger partial charge is 0.335 e. The van der Waals surface area contributed by atoms with Crippen LogP contribution >= 0.6 is 0 Å². The molecule has 0 spiro atoms. The first-order chi connectivity index (χ1) is 21.8. The van der Waals surface area contributed by atoms with Gasteiger partial charge in [-0.2, -0.15) is 5.10 Å². The summed E-state index contributed by atoms with van der Waals surface area (Å²) in [5.74, 6) is -5.15. The molecule has 2 aromatic carbocycles. The van der Waals surface area contributed by atoms with Crippen molar-refractivity contribution in [1.29, 1.82) is 0 Å². The average molecular weight is 648 g/mol. The van der Waals surface area contributed by atoms with Crippen LogP contribution in [0.25, 0.3) is 5.65 Å². The number of rotatable bonds is 11. The van der Waals surface area contributed by atoms with Gasteiger partial charge >= 0.3 is 11.9 Å². The van der Waals surface area contributed by atoms with Crippen LogP contribution in [0, 0.1) is 18.8 Å². The van der Waals surface area contributed by atoms with E-state index in [1.165, 1.54) is 47.1 Å². The van der Waals surface area contributed by atoms with E-state index >= 15 is 0 Å². The predicted octanol–water partition coefficient (Wildman–Crippen LogP) is 3.21. The molecule has 2 atom stereocenters. The minimum atomic E-state index is -3.85. The molecular weight excluding hydrogens is 614 g/mol. The van der Waals surface area contributed by atoms with Gasteiger partial charge in [-0.3, -0.25) is 14.4 Å². The van der Waals surface area contributed by atoms with Gasteiger partial charge in [0.1, 0.15) is 11.4 Å². The third kappa shape index (κ3) is 6.47. The second-order valence-electron chi connectivity index (χ2n) is 11.6. The largest absolute Gasteiger partial charge is 0.481 e. The number of carboxylic acid groups (broad SMARTS) is 2. The third-order valence-corrected chi connectivity index (χ3v) is 10.1. The van der Waals surface area contributed by atoms with Crippen LogP contribution in [-0.2, 0) is 27.6 Å². The van der Waals surface area contributed by atoms with Crippen molar-refractivity contribution in [2.45, 2.75) is 51.1 Å². The Labute approximate surface area is 264 Å². The van der Waals surface area contributed by atoms with E-state index in [1.54, 1.807) is 32.9 Å². The van der Waals surface area contributed by atoms with Crippen molar-refractivity contribution in [2.24, 2.45) is 11.8 Å². The molecule has 4 N–H and O–H groups in total. The SMILES string of the molecule is Cc1c(C(=O)O)ccc2c1CC[C@@H]2NC(=O)c1cc(C(=O)NCc2ccc(S(=O)(=O)C[C@H](C(=O)O)C(C)C)cc2)nc2ccnn12. The fraction of sp³-hybridized carbons (Fsp3) is 0.312. The zero-order valence-corrected chi connectivity index (χ0v) is 26.2. The predicted molar refractivity (Wildman–Crippen MR) is 165 cm³/mol. The third-order valence-electron chi connectivity index (χ3n) is 8.31. The van der Waals surface area contributed by atoms with Gasteiger partial charge in [-0.05, 0) is 66.1 Å². The Kier molecular flexibility index (Phi) is 8.92. The first kappa shape index (κ1) is 32.3. The van der Waals surface area contributed by atoms with Crippen molar-refractivity contribution >= 4 is 39.2 Å². The summed E-state index contributed by atoms with van der Waals surface area (Å²) in [6.45, 7) is 5.11. The first-order valence-corrected chi connectivity index (χ1v) is 16.3. The summed E-state index contributed by atoms with van der Waals surface area (Å²) in [7, 11) is -3.85. The fourth-order valence-corrected chi connectivity index (χ4v) is 7.40. The number of nitrogens with one attached hydrogen (secondary N) is 2. The van der Waals surface area contributed by atoms with E-state index in [4.69, 9.17) is 0 Å². The van der Waals surface area contributed by atoms with Gasteiger partial charge in [0.2, 0.25) is 0 Å². The van der Waals surface area contributed by atoms with Crippen molar-refractivity contribution in [3.63, 3.8) is 0 Å². The second-order valence-corrected chi connectivity index (χ2v) is 13.6. The number of aromatic carboxylic acids is 1. The molecule has 2 aromatic heterocycles. The molecule has 1 aliphatic carbocycles. The van der Waals surface area contributed by atoms with Gasteiger partial charge in [0, 0.05) is 18.7 Å². The number of carboxylic acids is 2. The summed E-state index contributed by atoms with van der Waals surface area (Å²) in [6, 6.07) is 11.6. The van der Waals surface area contributed by atoms with Crippen LogP contribution in [0.15, 0.2) is 59.6 Å². The molecule has 1 aliphatic rings. The highest BCUT2D eigenvalue weighted by atomic mass is 32.2. The lowest BCUT2D eigenvalue weighted by Gasteiger charge is -2.16. The molecule has 46 heavy (non-hydrogen) atoms. The Morgan fingerprint density at radius 3 is 2.39 bits per heavy atom. The number of aliphatic carboxylic acids is 1. The van der Waals surface area contributed by atoms with E-state index in [0.717, 1.165) is 11.1 Å². The van der Waals surface area contributed by atoms with Gasteiger partial charge in [0.05, 0.1) is 34.4 Å². The lowest BCUT2D eigenvalue weighted by atomic mass is 9.98. The van der Waals surface area contributed by atoms with E-state index in [2.05, 4.69) is 20.7 Å². The van der Waals surface area contributed by atoms with Crippen LogP contribution in [0.5, 0.6) is 0 Å². The molecule has 240 valence electrons. The van der Waals surface area contributed by atoms with Crippen LogP contribution in [0.3, 0.4) is 0 Å². The monoisotopic (exact) mass is 647 g/mol. The topological polar surface area (TPSA) is 197 Å². The standard InChI is InChI=1S/C32H33N5O8S/c1-17(2)24(32(42)43)16-46(44,45)20-6-4-19(5-7-20)15-33-29(38)26-14-27(37-28(35-26)12-13-34-37)30(39)36-25-11-10-21-18(3)22(31(40)41)8-9-23(21)25/h4-9,12-14,17,24-25H,10-11,15-16H2,1-3H3,(H,33,38)(H,36,39)(H,40,41)(H,42,43)/t24-,25-/m0/s1.